The third-order valence-electron chi connectivity index (χ3n) is 5.59. The Hall–Kier alpha value is -1.59. The van der Waals surface area contributed by atoms with Gasteiger partial charge in [-0.2, -0.15) is 0 Å². The number of ether oxygens (including phenoxy) is 1. The third-order valence-corrected chi connectivity index (χ3v) is 5.59. The molecule has 0 saturated heterocycles. The van der Waals surface area contributed by atoms with Gasteiger partial charge in [0, 0.05) is 0 Å². The summed E-state index contributed by atoms with van der Waals surface area (Å²) in [6.45, 7) is 0. The van der Waals surface area contributed by atoms with E-state index >= 15 is 0 Å². The monoisotopic (exact) mass is 282 g/mol. The second kappa shape index (κ2) is 3.74. The highest BCUT2D eigenvalue weighted by Crippen LogP contribution is 2.70. The van der Waals surface area contributed by atoms with Gasteiger partial charge in [-0.3, -0.25) is 14.4 Å². The molecule has 2 unspecified atom stereocenters. The number of carbonyl (C=O) groups excluding carboxylic acids is 1. The highest BCUT2D eigenvalue weighted by atomic mass is 16.5. The number of carbonyl (C=O) groups is 3. The minimum Gasteiger partial charge on any atom is -0.481 e. The third kappa shape index (κ3) is 1.47. The molecular weight excluding hydrogens is 264 g/mol. The van der Waals surface area contributed by atoms with Gasteiger partial charge < -0.3 is 14.9 Å². The van der Waals surface area contributed by atoms with E-state index in [2.05, 4.69) is 0 Å². The highest BCUT2D eigenvalue weighted by molar-refractivity contribution is 5.86. The Bertz CT molecular complexity index is 480. The molecule has 110 valence electrons. The van der Waals surface area contributed by atoms with E-state index in [0.29, 0.717) is 19.3 Å². The molecule has 0 aromatic carbocycles. The molecule has 6 heteroatoms. The molecule has 4 saturated carbocycles. The summed E-state index contributed by atoms with van der Waals surface area (Å²) in [5.74, 6) is -2.41. The van der Waals surface area contributed by atoms with Crippen LogP contribution in [0.2, 0.25) is 0 Å². The van der Waals surface area contributed by atoms with Crippen LogP contribution in [0.25, 0.3) is 0 Å². The minimum absolute atomic E-state index is 0.0162. The SMILES string of the molecule is COC(=O)C12CC3CC(C(=O)O)(CC(C(=O)O)(C3)C1)C2. The second-order valence-electron chi connectivity index (χ2n) is 6.95. The average Bonchev–Trinajstić information content (AvgIpc) is 2.36. The summed E-state index contributed by atoms with van der Waals surface area (Å²) in [7, 11) is 1.28. The molecule has 2 atom stereocenters. The number of carboxylic acids is 2. The van der Waals surface area contributed by atoms with Crippen LogP contribution in [0.4, 0.5) is 0 Å². The zero-order valence-electron chi connectivity index (χ0n) is 11.3. The van der Waals surface area contributed by atoms with E-state index in [1.54, 1.807) is 0 Å². The van der Waals surface area contributed by atoms with E-state index in [4.69, 9.17) is 4.74 Å². The average molecular weight is 282 g/mol. The number of esters is 1. The van der Waals surface area contributed by atoms with Crippen molar-refractivity contribution in [3.63, 3.8) is 0 Å². The first-order valence-electron chi connectivity index (χ1n) is 6.83. The first-order valence-corrected chi connectivity index (χ1v) is 6.83. The number of rotatable bonds is 3. The van der Waals surface area contributed by atoms with Crippen molar-refractivity contribution in [2.45, 2.75) is 38.5 Å². The topological polar surface area (TPSA) is 101 Å². The molecular formula is C14H18O6. The normalized spacial score (nSPS) is 45.1. The smallest absolute Gasteiger partial charge is 0.311 e. The van der Waals surface area contributed by atoms with E-state index in [1.165, 1.54) is 7.11 Å². The summed E-state index contributed by atoms with van der Waals surface area (Å²) in [4.78, 5) is 35.6. The predicted molar refractivity (Wildman–Crippen MR) is 65.8 cm³/mol. The Kier molecular flexibility index (Phi) is 2.50. The summed E-state index contributed by atoms with van der Waals surface area (Å²) in [6.07, 6.45) is 2.09. The van der Waals surface area contributed by atoms with Crippen LogP contribution < -0.4 is 0 Å². The lowest BCUT2D eigenvalue weighted by atomic mass is 9.39. The first-order chi connectivity index (χ1) is 9.27. The molecule has 0 aromatic heterocycles. The lowest BCUT2D eigenvalue weighted by Crippen LogP contribution is -2.63. The molecule has 2 N–H and O–H groups in total. The summed E-state index contributed by atoms with van der Waals surface area (Å²) in [5, 5.41) is 19.2. The number of methoxy groups -OCH3 is 1. The number of hydrogen-bond acceptors (Lipinski definition) is 4. The van der Waals surface area contributed by atoms with E-state index < -0.39 is 34.2 Å². The number of hydrogen-bond donors (Lipinski definition) is 2. The van der Waals surface area contributed by atoms with Crippen molar-refractivity contribution >= 4 is 17.9 Å². The molecule has 20 heavy (non-hydrogen) atoms. The number of carboxylic acid groups (broad SMARTS) is 2. The van der Waals surface area contributed by atoms with Gasteiger partial charge in [0.15, 0.2) is 0 Å². The summed E-state index contributed by atoms with van der Waals surface area (Å²) < 4.78 is 4.86. The van der Waals surface area contributed by atoms with Crippen LogP contribution in [-0.2, 0) is 19.1 Å². The summed E-state index contributed by atoms with van der Waals surface area (Å²) in [6, 6.07) is 0. The van der Waals surface area contributed by atoms with Crippen LogP contribution in [0.5, 0.6) is 0 Å². The van der Waals surface area contributed by atoms with E-state index in [0.717, 1.165) is 0 Å². The van der Waals surface area contributed by atoms with Crippen molar-refractivity contribution in [1.29, 1.82) is 0 Å². The lowest BCUT2D eigenvalue weighted by molar-refractivity contribution is -0.210. The van der Waals surface area contributed by atoms with Crippen molar-refractivity contribution < 1.29 is 29.3 Å². The van der Waals surface area contributed by atoms with Crippen molar-refractivity contribution in [3.8, 4) is 0 Å². The molecule has 0 heterocycles. The highest BCUT2D eigenvalue weighted by Gasteiger charge is 2.70. The Labute approximate surface area is 116 Å². The molecule has 4 fully saturated rings. The van der Waals surface area contributed by atoms with Gasteiger partial charge in [0.1, 0.15) is 0 Å². The zero-order chi connectivity index (χ0) is 14.8. The number of aliphatic carboxylic acids is 2. The maximum absolute atomic E-state index is 12.2. The quantitative estimate of drug-likeness (QED) is 0.756. The first kappa shape index (κ1) is 13.4. The van der Waals surface area contributed by atoms with Gasteiger partial charge in [-0.1, -0.05) is 0 Å². The molecule has 0 spiro atoms. The fraction of sp³-hybridized carbons (Fsp3) is 0.786. The van der Waals surface area contributed by atoms with Gasteiger partial charge >= 0.3 is 17.9 Å². The molecule has 4 aliphatic rings. The van der Waals surface area contributed by atoms with Crippen LogP contribution in [-0.4, -0.2) is 35.2 Å². The van der Waals surface area contributed by atoms with Crippen LogP contribution in [0.15, 0.2) is 0 Å². The maximum Gasteiger partial charge on any atom is 0.311 e. The Morgan fingerprint density at radius 3 is 1.70 bits per heavy atom. The van der Waals surface area contributed by atoms with E-state index in [9.17, 15) is 24.6 Å². The summed E-state index contributed by atoms with van der Waals surface area (Å²) >= 11 is 0. The largest absolute Gasteiger partial charge is 0.481 e. The van der Waals surface area contributed by atoms with E-state index in [-0.39, 0.29) is 25.2 Å². The van der Waals surface area contributed by atoms with Crippen molar-refractivity contribution in [2.75, 3.05) is 7.11 Å². The van der Waals surface area contributed by atoms with Gasteiger partial charge in [0.05, 0.1) is 23.4 Å². The fourth-order valence-corrected chi connectivity index (χ4v) is 5.36. The zero-order valence-corrected chi connectivity index (χ0v) is 11.3. The van der Waals surface area contributed by atoms with Crippen LogP contribution in [0, 0.1) is 22.2 Å². The molecule has 0 amide bonds. The Morgan fingerprint density at radius 1 is 0.900 bits per heavy atom. The van der Waals surface area contributed by atoms with Crippen molar-refractivity contribution in [3.05, 3.63) is 0 Å². The van der Waals surface area contributed by atoms with Crippen LogP contribution >= 0.6 is 0 Å². The standard InChI is InChI=1S/C14H18O6/c1-20-11(19)14-4-8-2-12(6-14,9(15)16)5-13(3-8,7-14)10(17)18/h8H,2-7H2,1H3,(H,15,16)(H,17,18). The summed E-state index contributed by atoms with van der Waals surface area (Å²) in [5.41, 5.74) is -3.08. The van der Waals surface area contributed by atoms with Crippen LogP contribution in [0.3, 0.4) is 0 Å². The minimum atomic E-state index is -1.08. The molecule has 0 aliphatic heterocycles. The molecule has 4 bridgehead atoms. The van der Waals surface area contributed by atoms with Gasteiger partial charge in [-0.25, -0.2) is 0 Å². The lowest BCUT2D eigenvalue weighted by Gasteiger charge is -2.62. The molecule has 6 nitrogen and oxygen atoms in total. The Morgan fingerprint density at radius 2 is 1.30 bits per heavy atom. The molecule has 4 rings (SSSR count). The van der Waals surface area contributed by atoms with Gasteiger partial charge in [0.2, 0.25) is 0 Å². The second-order valence-corrected chi connectivity index (χ2v) is 6.95. The van der Waals surface area contributed by atoms with Crippen molar-refractivity contribution in [1.82, 2.24) is 0 Å². The van der Waals surface area contributed by atoms with Gasteiger partial charge in [0.25, 0.3) is 0 Å². The van der Waals surface area contributed by atoms with Gasteiger partial charge in [-0.05, 0) is 44.4 Å². The van der Waals surface area contributed by atoms with Crippen LogP contribution in [0.1, 0.15) is 38.5 Å². The molecule has 0 radical (unpaired) electrons. The van der Waals surface area contributed by atoms with Gasteiger partial charge in [-0.15, -0.1) is 0 Å². The van der Waals surface area contributed by atoms with Crippen molar-refractivity contribution in [2.24, 2.45) is 22.2 Å². The maximum atomic E-state index is 12.2. The molecule has 4 aliphatic carbocycles. The molecule has 0 aromatic rings. The van der Waals surface area contributed by atoms with E-state index in [1.807, 2.05) is 0 Å². The Balaban J connectivity index is 2.11. The fourth-order valence-electron chi connectivity index (χ4n) is 5.36. The predicted octanol–water partition coefficient (Wildman–Crippen LogP) is 1.29.